The van der Waals surface area contributed by atoms with E-state index in [1.54, 1.807) is 37.4 Å². The number of hydrogen-bond acceptors (Lipinski definition) is 5. The molecule has 1 aromatic heterocycles. The van der Waals surface area contributed by atoms with E-state index in [1.807, 2.05) is 0 Å². The highest BCUT2D eigenvalue weighted by molar-refractivity contribution is 7.15. The first-order valence-corrected chi connectivity index (χ1v) is 7.94. The molecule has 0 radical (unpaired) electrons. The van der Waals surface area contributed by atoms with Crippen molar-refractivity contribution >= 4 is 22.4 Å². The van der Waals surface area contributed by atoms with Gasteiger partial charge >= 0.3 is 0 Å². The lowest BCUT2D eigenvalue weighted by Gasteiger charge is -2.14. The standard InChI is InChI=1S/C16H20N2O3S/c1-10(2)14-8-17-16(22-14)18-15(20)11(3)21-13-6-4-5-12(7-13)9-19/h4-8,10-11,19H,9H2,1-3H3,(H,17,18,20). The van der Waals surface area contributed by atoms with Crippen LogP contribution in [-0.2, 0) is 11.4 Å². The average molecular weight is 320 g/mol. The van der Waals surface area contributed by atoms with Gasteiger partial charge in [-0.3, -0.25) is 10.1 Å². The molecule has 1 unspecified atom stereocenters. The van der Waals surface area contributed by atoms with E-state index in [1.165, 1.54) is 11.3 Å². The molecule has 2 N–H and O–H groups in total. The lowest BCUT2D eigenvalue weighted by atomic mass is 10.2. The molecule has 2 aromatic rings. The van der Waals surface area contributed by atoms with Gasteiger partial charge in [0.15, 0.2) is 11.2 Å². The van der Waals surface area contributed by atoms with Gasteiger partial charge in [0.2, 0.25) is 0 Å². The van der Waals surface area contributed by atoms with E-state index >= 15 is 0 Å². The highest BCUT2D eigenvalue weighted by Gasteiger charge is 2.17. The number of aliphatic hydroxyl groups is 1. The Labute approximate surface area is 134 Å². The van der Waals surface area contributed by atoms with Crippen LogP contribution in [0.25, 0.3) is 0 Å². The van der Waals surface area contributed by atoms with Crippen molar-refractivity contribution < 1.29 is 14.6 Å². The predicted molar refractivity (Wildman–Crippen MR) is 87.3 cm³/mol. The van der Waals surface area contributed by atoms with E-state index in [4.69, 9.17) is 9.84 Å². The number of aromatic nitrogens is 1. The molecule has 0 aliphatic heterocycles. The van der Waals surface area contributed by atoms with Crippen molar-refractivity contribution in [2.45, 2.75) is 39.4 Å². The Balaban J connectivity index is 1.96. The molecule has 1 heterocycles. The molecule has 118 valence electrons. The first-order valence-electron chi connectivity index (χ1n) is 7.12. The summed E-state index contributed by atoms with van der Waals surface area (Å²) in [4.78, 5) is 17.4. The number of benzene rings is 1. The summed E-state index contributed by atoms with van der Waals surface area (Å²) in [5, 5.41) is 12.4. The van der Waals surface area contributed by atoms with E-state index in [0.29, 0.717) is 16.8 Å². The topological polar surface area (TPSA) is 71.5 Å². The minimum absolute atomic E-state index is 0.0606. The molecule has 2 rings (SSSR count). The SMILES string of the molecule is CC(Oc1cccc(CO)c1)C(=O)Nc1ncc(C(C)C)s1. The Morgan fingerprint density at radius 2 is 2.18 bits per heavy atom. The number of hydrogen-bond donors (Lipinski definition) is 2. The van der Waals surface area contributed by atoms with E-state index in [2.05, 4.69) is 24.1 Å². The van der Waals surface area contributed by atoms with Crippen molar-refractivity contribution in [2.24, 2.45) is 0 Å². The maximum atomic E-state index is 12.1. The number of amides is 1. The Morgan fingerprint density at radius 3 is 2.82 bits per heavy atom. The van der Waals surface area contributed by atoms with Gasteiger partial charge in [0.05, 0.1) is 6.61 Å². The Morgan fingerprint density at radius 1 is 1.41 bits per heavy atom. The van der Waals surface area contributed by atoms with Gasteiger partial charge in [0.25, 0.3) is 5.91 Å². The number of carbonyl (C=O) groups is 1. The zero-order chi connectivity index (χ0) is 16.1. The van der Waals surface area contributed by atoms with E-state index in [-0.39, 0.29) is 12.5 Å². The van der Waals surface area contributed by atoms with Gasteiger partial charge < -0.3 is 9.84 Å². The molecule has 5 nitrogen and oxygen atoms in total. The minimum atomic E-state index is -0.652. The molecule has 0 saturated heterocycles. The van der Waals surface area contributed by atoms with Crippen LogP contribution >= 0.6 is 11.3 Å². The lowest BCUT2D eigenvalue weighted by Crippen LogP contribution is -2.30. The number of nitrogens with zero attached hydrogens (tertiary/aromatic N) is 1. The summed E-state index contributed by atoms with van der Waals surface area (Å²) in [6.45, 7) is 5.78. The summed E-state index contributed by atoms with van der Waals surface area (Å²) < 4.78 is 5.60. The van der Waals surface area contributed by atoms with Crippen molar-refractivity contribution in [2.75, 3.05) is 5.32 Å². The lowest BCUT2D eigenvalue weighted by molar-refractivity contribution is -0.122. The number of nitrogens with one attached hydrogen (secondary N) is 1. The predicted octanol–water partition coefficient (Wildman–Crippen LogP) is 3.16. The van der Waals surface area contributed by atoms with Gasteiger partial charge in [-0.2, -0.15) is 0 Å². The Kier molecular flexibility index (Phi) is 5.51. The molecule has 0 aliphatic rings. The van der Waals surface area contributed by atoms with Crippen LogP contribution in [0, 0.1) is 0 Å². The monoisotopic (exact) mass is 320 g/mol. The van der Waals surface area contributed by atoms with Crippen molar-refractivity contribution in [1.82, 2.24) is 4.98 Å². The van der Waals surface area contributed by atoms with Gasteiger partial charge in [0, 0.05) is 11.1 Å². The number of carbonyl (C=O) groups excluding carboxylic acids is 1. The van der Waals surface area contributed by atoms with Crippen molar-refractivity contribution in [3.8, 4) is 5.75 Å². The van der Waals surface area contributed by atoms with Crippen molar-refractivity contribution in [1.29, 1.82) is 0 Å². The van der Waals surface area contributed by atoms with E-state index in [9.17, 15) is 4.79 Å². The van der Waals surface area contributed by atoms with Gasteiger partial charge in [-0.25, -0.2) is 4.98 Å². The number of aliphatic hydroxyl groups excluding tert-OH is 1. The number of rotatable bonds is 6. The van der Waals surface area contributed by atoms with Gasteiger partial charge in [-0.1, -0.05) is 26.0 Å². The molecule has 0 spiro atoms. The first kappa shape index (κ1) is 16.5. The average Bonchev–Trinajstić information content (AvgIpc) is 2.96. The van der Waals surface area contributed by atoms with E-state index in [0.717, 1.165) is 10.4 Å². The van der Waals surface area contributed by atoms with Crippen LogP contribution in [0.5, 0.6) is 5.75 Å². The van der Waals surface area contributed by atoms with Crippen LogP contribution in [0.4, 0.5) is 5.13 Å². The highest BCUT2D eigenvalue weighted by atomic mass is 32.1. The third kappa shape index (κ3) is 4.29. The molecular formula is C16H20N2O3S. The second kappa shape index (κ2) is 7.38. The maximum Gasteiger partial charge on any atom is 0.266 e. The van der Waals surface area contributed by atoms with Gasteiger partial charge in [-0.15, -0.1) is 11.3 Å². The normalized spacial score (nSPS) is 12.2. The third-order valence-electron chi connectivity index (χ3n) is 3.09. The quantitative estimate of drug-likeness (QED) is 0.857. The smallest absolute Gasteiger partial charge is 0.266 e. The van der Waals surface area contributed by atoms with Crippen molar-refractivity contribution in [3.63, 3.8) is 0 Å². The van der Waals surface area contributed by atoms with Crippen LogP contribution in [0.3, 0.4) is 0 Å². The summed E-state index contributed by atoms with van der Waals surface area (Å²) in [5.74, 6) is 0.688. The first-order chi connectivity index (χ1) is 10.5. The summed E-state index contributed by atoms with van der Waals surface area (Å²) in [6, 6.07) is 7.04. The highest BCUT2D eigenvalue weighted by Crippen LogP contribution is 2.25. The molecule has 22 heavy (non-hydrogen) atoms. The second-order valence-corrected chi connectivity index (χ2v) is 6.34. The molecule has 0 saturated carbocycles. The van der Waals surface area contributed by atoms with Gasteiger partial charge in [0.1, 0.15) is 5.75 Å². The summed E-state index contributed by atoms with van der Waals surface area (Å²) >= 11 is 1.47. The van der Waals surface area contributed by atoms with Crippen LogP contribution in [-0.4, -0.2) is 22.1 Å². The van der Waals surface area contributed by atoms with E-state index < -0.39 is 6.10 Å². The molecular weight excluding hydrogens is 300 g/mol. The summed E-state index contributed by atoms with van der Waals surface area (Å²) in [7, 11) is 0. The number of ether oxygens (including phenoxy) is 1. The fraction of sp³-hybridized carbons (Fsp3) is 0.375. The third-order valence-corrected chi connectivity index (χ3v) is 4.30. The molecule has 1 aromatic carbocycles. The molecule has 0 bridgehead atoms. The molecule has 1 atom stereocenters. The number of thiazole rings is 1. The number of anilines is 1. The van der Waals surface area contributed by atoms with Crippen molar-refractivity contribution in [3.05, 3.63) is 40.9 Å². The largest absolute Gasteiger partial charge is 0.481 e. The Bertz CT molecular complexity index is 640. The molecule has 0 aliphatic carbocycles. The van der Waals surface area contributed by atoms with Gasteiger partial charge in [-0.05, 0) is 30.5 Å². The maximum absolute atomic E-state index is 12.1. The molecule has 0 fully saturated rings. The van der Waals surface area contributed by atoms with Crippen LogP contribution < -0.4 is 10.1 Å². The minimum Gasteiger partial charge on any atom is -0.481 e. The molecule has 1 amide bonds. The summed E-state index contributed by atoms with van der Waals surface area (Å²) in [5.41, 5.74) is 0.742. The molecule has 6 heteroatoms. The van der Waals surface area contributed by atoms with Crippen LogP contribution in [0.15, 0.2) is 30.5 Å². The zero-order valence-electron chi connectivity index (χ0n) is 12.9. The van der Waals surface area contributed by atoms with Crippen LogP contribution in [0.1, 0.15) is 37.1 Å². The second-order valence-electron chi connectivity index (χ2n) is 5.28. The van der Waals surface area contributed by atoms with Crippen LogP contribution in [0.2, 0.25) is 0 Å². The fourth-order valence-electron chi connectivity index (χ4n) is 1.79. The zero-order valence-corrected chi connectivity index (χ0v) is 13.7. The summed E-state index contributed by atoms with van der Waals surface area (Å²) in [6.07, 6.45) is 1.13. The fourth-order valence-corrected chi connectivity index (χ4v) is 2.61. The Hall–Kier alpha value is -1.92.